The van der Waals surface area contributed by atoms with Crippen LogP contribution in [-0.2, 0) is 11.0 Å². The Balaban J connectivity index is 1.63. The Morgan fingerprint density at radius 1 is 1.03 bits per heavy atom. The monoisotopic (exact) mass is 467 g/mol. The quantitative estimate of drug-likeness (QED) is 0.657. The van der Waals surface area contributed by atoms with Gasteiger partial charge in [-0.25, -0.2) is 14.2 Å². The van der Waals surface area contributed by atoms with Gasteiger partial charge < -0.3 is 20.4 Å². The molecule has 1 fully saturated rings. The van der Waals surface area contributed by atoms with Gasteiger partial charge in [0.15, 0.2) is 0 Å². The number of nitrogens with zero attached hydrogens (tertiary/aromatic N) is 3. The number of halogens is 4. The van der Waals surface area contributed by atoms with Gasteiger partial charge in [0.05, 0.1) is 11.3 Å². The highest BCUT2D eigenvalue weighted by Gasteiger charge is 2.37. The minimum absolute atomic E-state index is 0.0191. The SMILES string of the molecule is CC(C)C(NC(=O)Nc1ccccc1F)C(=O)N1CCN(c2ncccc2C(F)(F)F)CC1. The number of nitrogens with one attached hydrogen (secondary N) is 2. The lowest BCUT2D eigenvalue weighted by atomic mass is 10.0. The van der Waals surface area contributed by atoms with Crippen molar-refractivity contribution < 1.29 is 27.2 Å². The predicted molar refractivity (Wildman–Crippen MR) is 115 cm³/mol. The summed E-state index contributed by atoms with van der Waals surface area (Å²) >= 11 is 0. The molecule has 2 heterocycles. The number of alkyl halides is 3. The van der Waals surface area contributed by atoms with Crippen LogP contribution in [-0.4, -0.2) is 54.0 Å². The van der Waals surface area contributed by atoms with E-state index in [4.69, 9.17) is 0 Å². The first-order chi connectivity index (χ1) is 15.6. The van der Waals surface area contributed by atoms with Gasteiger partial charge in [0.25, 0.3) is 0 Å². The topological polar surface area (TPSA) is 77.6 Å². The molecule has 0 bridgehead atoms. The van der Waals surface area contributed by atoms with Gasteiger partial charge in [0.2, 0.25) is 5.91 Å². The van der Waals surface area contributed by atoms with Gasteiger partial charge in [-0.15, -0.1) is 0 Å². The average molecular weight is 467 g/mol. The van der Waals surface area contributed by atoms with Crippen LogP contribution in [0.2, 0.25) is 0 Å². The summed E-state index contributed by atoms with van der Waals surface area (Å²) in [5, 5.41) is 4.96. The zero-order valence-electron chi connectivity index (χ0n) is 18.2. The van der Waals surface area contributed by atoms with Crippen molar-refractivity contribution in [2.75, 3.05) is 36.4 Å². The van der Waals surface area contributed by atoms with E-state index in [1.54, 1.807) is 19.9 Å². The van der Waals surface area contributed by atoms with Crippen LogP contribution in [0.1, 0.15) is 19.4 Å². The van der Waals surface area contributed by atoms with Crippen molar-refractivity contribution in [3.63, 3.8) is 0 Å². The molecule has 1 atom stereocenters. The molecule has 2 N–H and O–H groups in total. The predicted octanol–water partition coefficient (Wildman–Crippen LogP) is 3.73. The van der Waals surface area contributed by atoms with Crippen LogP contribution in [0.5, 0.6) is 0 Å². The van der Waals surface area contributed by atoms with Gasteiger partial charge in [-0.3, -0.25) is 4.79 Å². The summed E-state index contributed by atoms with van der Waals surface area (Å²) in [6.07, 6.45) is -3.23. The maximum Gasteiger partial charge on any atom is 0.419 e. The number of urea groups is 1. The number of rotatable bonds is 5. The first-order valence-electron chi connectivity index (χ1n) is 10.5. The molecule has 0 saturated carbocycles. The van der Waals surface area contributed by atoms with Gasteiger partial charge in [0, 0.05) is 32.4 Å². The van der Waals surface area contributed by atoms with Crippen molar-refractivity contribution in [3.8, 4) is 0 Å². The second-order valence-corrected chi connectivity index (χ2v) is 7.98. The molecule has 1 unspecified atom stereocenters. The average Bonchev–Trinajstić information content (AvgIpc) is 2.78. The summed E-state index contributed by atoms with van der Waals surface area (Å²) in [5.74, 6) is -1.40. The molecule has 0 spiro atoms. The number of anilines is 2. The zero-order valence-corrected chi connectivity index (χ0v) is 18.2. The molecule has 1 aromatic heterocycles. The van der Waals surface area contributed by atoms with E-state index in [-0.39, 0.29) is 49.5 Å². The molecule has 1 aromatic carbocycles. The molecular weight excluding hydrogens is 442 g/mol. The van der Waals surface area contributed by atoms with Crippen molar-refractivity contribution in [2.45, 2.75) is 26.1 Å². The summed E-state index contributed by atoms with van der Waals surface area (Å²) in [4.78, 5) is 32.3. The molecule has 2 aromatic rings. The Kier molecular flexibility index (Phi) is 7.39. The number of para-hydroxylation sites is 1. The fraction of sp³-hybridized carbons (Fsp3) is 0.409. The van der Waals surface area contributed by atoms with E-state index in [2.05, 4.69) is 15.6 Å². The van der Waals surface area contributed by atoms with Gasteiger partial charge >= 0.3 is 12.2 Å². The van der Waals surface area contributed by atoms with E-state index in [1.807, 2.05) is 0 Å². The minimum Gasteiger partial charge on any atom is -0.353 e. The normalized spacial score (nSPS) is 15.4. The number of carbonyl (C=O) groups is 2. The number of hydrogen-bond donors (Lipinski definition) is 2. The standard InChI is InChI=1S/C22H25F4N5O2/c1-14(2)18(29-21(33)28-17-8-4-3-7-16(17)23)20(32)31-12-10-30(11-13-31)19-15(22(24,25)26)6-5-9-27-19/h3-9,14,18H,10-13H2,1-2H3,(H2,28,29,33). The van der Waals surface area contributed by atoms with Gasteiger partial charge in [-0.05, 0) is 30.2 Å². The Labute approximate surface area is 188 Å². The summed E-state index contributed by atoms with van der Waals surface area (Å²) < 4.78 is 53.7. The summed E-state index contributed by atoms with van der Waals surface area (Å²) in [6, 6.07) is 6.25. The molecule has 178 valence electrons. The number of piperazine rings is 1. The molecule has 1 saturated heterocycles. The van der Waals surface area contributed by atoms with Crippen molar-refractivity contribution in [1.29, 1.82) is 0 Å². The van der Waals surface area contributed by atoms with Crippen molar-refractivity contribution >= 4 is 23.4 Å². The molecule has 0 radical (unpaired) electrons. The van der Waals surface area contributed by atoms with E-state index < -0.39 is 29.6 Å². The molecule has 0 aliphatic carbocycles. The minimum atomic E-state index is -4.53. The van der Waals surface area contributed by atoms with Crippen molar-refractivity contribution in [3.05, 3.63) is 54.0 Å². The fourth-order valence-electron chi connectivity index (χ4n) is 3.58. The third-order valence-corrected chi connectivity index (χ3v) is 5.32. The van der Waals surface area contributed by atoms with Crippen molar-refractivity contribution in [1.82, 2.24) is 15.2 Å². The van der Waals surface area contributed by atoms with Gasteiger partial charge in [-0.2, -0.15) is 13.2 Å². The third kappa shape index (κ3) is 5.91. The Morgan fingerprint density at radius 2 is 1.70 bits per heavy atom. The molecule has 11 heteroatoms. The number of aromatic nitrogens is 1. The van der Waals surface area contributed by atoms with E-state index in [0.717, 1.165) is 6.07 Å². The first kappa shape index (κ1) is 24.3. The zero-order chi connectivity index (χ0) is 24.2. The highest BCUT2D eigenvalue weighted by molar-refractivity contribution is 5.94. The third-order valence-electron chi connectivity index (χ3n) is 5.32. The molecule has 3 amide bonds. The van der Waals surface area contributed by atoms with E-state index in [9.17, 15) is 27.2 Å². The summed E-state index contributed by atoms with van der Waals surface area (Å²) in [5.41, 5.74) is -0.842. The van der Waals surface area contributed by atoms with Crippen LogP contribution in [0.3, 0.4) is 0 Å². The van der Waals surface area contributed by atoms with Gasteiger partial charge in [-0.1, -0.05) is 26.0 Å². The highest BCUT2D eigenvalue weighted by atomic mass is 19.4. The molecule has 1 aliphatic heterocycles. The molecule has 33 heavy (non-hydrogen) atoms. The number of benzene rings is 1. The Hall–Kier alpha value is -3.37. The van der Waals surface area contributed by atoms with E-state index >= 15 is 0 Å². The Bertz CT molecular complexity index is 991. The maximum absolute atomic E-state index is 13.8. The number of pyridine rings is 1. The van der Waals surface area contributed by atoms with E-state index in [1.165, 1.54) is 40.3 Å². The largest absolute Gasteiger partial charge is 0.419 e. The maximum atomic E-state index is 13.8. The van der Waals surface area contributed by atoms with Crippen molar-refractivity contribution in [2.24, 2.45) is 5.92 Å². The van der Waals surface area contributed by atoms with Crippen LogP contribution in [0.25, 0.3) is 0 Å². The van der Waals surface area contributed by atoms with Gasteiger partial charge in [0.1, 0.15) is 17.7 Å². The number of carbonyl (C=O) groups excluding carboxylic acids is 2. The first-order valence-corrected chi connectivity index (χ1v) is 10.5. The molecule has 1 aliphatic rings. The summed E-state index contributed by atoms with van der Waals surface area (Å²) in [6.45, 7) is 4.19. The second kappa shape index (κ2) is 10.1. The lowest BCUT2D eigenvalue weighted by Crippen LogP contribution is -2.57. The lowest BCUT2D eigenvalue weighted by Gasteiger charge is -2.38. The van der Waals surface area contributed by atoms with Crippen LogP contribution in [0.15, 0.2) is 42.6 Å². The number of hydrogen-bond acceptors (Lipinski definition) is 4. The van der Waals surface area contributed by atoms with Crippen LogP contribution in [0.4, 0.5) is 33.9 Å². The lowest BCUT2D eigenvalue weighted by molar-refractivity contribution is -0.138. The smallest absolute Gasteiger partial charge is 0.353 e. The fourth-order valence-corrected chi connectivity index (χ4v) is 3.58. The summed E-state index contributed by atoms with van der Waals surface area (Å²) in [7, 11) is 0. The second-order valence-electron chi connectivity index (χ2n) is 7.98. The highest BCUT2D eigenvalue weighted by Crippen LogP contribution is 2.35. The Morgan fingerprint density at radius 3 is 2.30 bits per heavy atom. The molecule has 7 nitrogen and oxygen atoms in total. The molecular formula is C22H25F4N5O2. The van der Waals surface area contributed by atoms with E-state index in [0.29, 0.717) is 0 Å². The number of amides is 3. The van der Waals surface area contributed by atoms with Crippen LogP contribution >= 0.6 is 0 Å². The molecule has 3 rings (SSSR count). The van der Waals surface area contributed by atoms with Crippen LogP contribution < -0.4 is 15.5 Å². The van der Waals surface area contributed by atoms with Crippen LogP contribution in [0, 0.1) is 11.7 Å².